The van der Waals surface area contributed by atoms with E-state index in [1.165, 1.54) is 6.07 Å². The summed E-state index contributed by atoms with van der Waals surface area (Å²) in [5.41, 5.74) is 1.54. The molecule has 3 rings (SSSR count). The maximum atomic E-state index is 13.6. The molecule has 0 radical (unpaired) electrons. The van der Waals surface area contributed by atoms with E-state index >= 15 is 0 Å². The van der Waals surface area contributed by atoms with E-state index in [0.29, 0.717) is 22.7 Å². The molecular weight excluding hydrogens is 369 g/mol. The van der Waals surface area contributed by atoms with Crippen molar-refractivity contribution < 1.29 is 14.0 Å². The van der Waals surface area contributed by atoms with Crippen LogP contribution in [-0.2, 0) is 11.3 Å². The molecule has 2 aromatic carbocycles. The van der Waals surface area contributed by atoms with Crippen LogP contribution in [0.15, 0.2) is 48.5 Å². The Bertz CT molecular complexity index is 794. The monoisotopic (exact) mass is 391 g/mol. The molecule has 144 valence electrons. The molecule has 0 saturated carbocycles. The van der Waals surface area contributed by atoms with Crippen LogP contribution >= 0.6 is 12.4 Å². The Morgan fingerprint density at radius 2 is 1.81 bits per heavy atom. The van der Waals surface area contributed by atoms with Crippen molar-refractivity contribution in [3.63, 3.8) is 0 Å². The zero-order chi connectivity index (χ0) is 18.5. The van der Waals surface area contributed by atoms with Crippen LogP contribution < -0.4 is 16.0 Å². The summed E-state index contributed by atoms with van der Waals surface area (Å²) in [5, 5.41) is 8.73. The molecule has 7 heteroatoms. The van der Waals surface area contributed by atoms with E-state index in [-0.39, 0.29) is 42.5 Å². The molecule has 1 aliphatic rings. The highest BCUT2D eigenvalue weighted by Crippen LogP contribution is 2.18. The Morgan fingerprint density at radius 1 is 1.15 bits per heavy atom. The number of hydrogen-bond donors (Lipinski definition) is 3. The maximum Gasteiger partial charge on any atom is 0.251 e. The van der Waals surface area contributed by atoms with E-state index in [1.807, 2.05) is 6.92 Å². The average Bonchev–Trinajstić information content (AvgIpc) is 2.60. The third-order valence-corrected chi connectivity index (χ3v) is 4.75. The Balaban J connectivity index is 0.00000261. The fourth-order valence-corrected chi connectivity index (χ4v) is 2.76. The third-order valence-electron chi connectivity index (χ3n) is 4.75. The number of amides is 2. The molecule has 0 spiro atoms. The molecule has 2 amide bonds. The fourth-order valence-electron chi connectivity index (χ4n) is 2.76. The van der Waals surface area contributed by atoms with Gasteiger partial charge in [-0.3, -0.25) is 9.59 Å². The molecule has 27 heavy (non-hydrogen) atoms. The Kier molecular flexibility index (Phi) is 7.33. The van der Waals surface area contributed by atoms with E-state index in [1.54, 1.807) is 42.5 Å². The maximum absolute atomic E-state index is 13.6. The van der Waals surface area contributed by atoms with Crippen molar-refractivity contribution in [2.24, 2.45) is 11.8 Å². The molecule has 1 atom stereocenters. The van der Waals surface area contributed by atoms with Gasteiger partial charge in [0.05, 0.1) is 0 Å². The van der Waals surface area contributed by atoms with Gasteiger partial charge < -0.3 is 16.0 Å². The predicted octanol–water partition coefficient (Wildman–Crippen LogP) is 2.97. The summed E-state index contributed by atoms with van der Waals surface area (Å²) in [6.45, 7) is 3.79. The topological polar surface area (TPSA) is 70.2 Å². The second-order valence-corrected chi connectivity index (χ2v) is 6.55. The fraction of sp³-hybridized carbons (Fsp3) is 0.300. The summed E-state index contributed by atoms with van der Waals surface area (Å²) in [6, 6.07) is 13.0. The molecule has 0 bridgehead atoms. The van der Waals surface area contributed by atoms with Gasteiger partial charge in [0.2, 0.25) is 5.91 Å². The lowest BCUT2D eigenvalue weighted by atomic mass is 9.88. The quantitative estimate of drug-likeness (QED) is 0.709. The molecule has 3 N–H and O–H groups in total. The van der Waals surface area contributed by atoms with Crippen LogP contribution in [0.25, 0.3) is 0 Å². The van der Waals surface area contributed by atoms with Crippen LogP contribution in [-0.4, -0.2) is 24.9 Å². The SMILES string of the molecule is CC(C(=O)Nc1ccc(C(=O)NCc2ccccc2F)cc1)C1CNC1.Cl. The Hall–Kier alpha value is -2.44. The summed E-state index contributed by atoms with van der Waals surface area (Å²) in [7, 11) is 0. The zero-order valence-electron chi connectivity index (χ0n) is 15.0. The van der Waals surface area contributed by atoms with Crippen molar-refractivity contribution in [3.05, 3.63) is 65.5 Å². The van der Waals surface area contributed by atoms with E-state index in [2.05, 4.69) is 16.0 Å². The predicted molar refractivity (Wildman–Crippen MR) is 105 cm³/mol. The Morgan fingerprint density at radius 3 is 2.41 bits per heavy atom. The largest absolute Gasteiger partial charge is 0.348 e. The van der Waals surface area contributed by atoms with Gasteiger partial charge in [0.25, 0.3) is 5.91 Å². The van der Waals surface area contributed by atoms with Gasteiger partial charge in [-0.1, -0.05) is 25.1 Å². The minimum atomic E-state index is -0.346. The molecule has 1 aliphatic heterocycles. The van der Waals surface area contributed by atoms with E-state index < -0.39 is 0 Å². The van der Waals surface area contributed by atoms with Gasteiger partial charge in [-0.05, 0) is 49.3 Å². The number of benzene rings is 2. The van der Waals surface area contributed by atoms with Crippen LogP contribution in [0.5, 0.6) is 0 Å². The number of halogens is 2. The van der Waals surface area contributed by atoms with Gasteiger partial charge in [0, 0.05) is 29.3 Å². The highest BCUT2D eigenvalue weighted by Gasteiger charge is 2.28. The summed E-state index contributed by atoms with van der Waals surface area (Å²) in [6.07, 6.45) is 0. The van der Waals surface area contributed by atoms with Crippen molar-refractivity contribution >= 4 is 29.9 Å². The van der Waals surface area contributed by atoms with E-state index in [9.17, 15) is 14.0 Å². The minimum absolute atomic E-state index is 0. The molecular formula is C20H23ClFN3O2. The first-order chi connectivity index (χ1) is 12.5. The second-order valence-electron chi connectivity index (χ2n) is 6.55. The molecule has 1 unspecified atom stereocenters. The van der Waals surface area contributed by atoms with E-state index in [0.717, 1.165) is 13.1 Å². The smallest absolute Gasteiger partial charge is 0.251 e. The lowest BCUT2D eigenvalue weighted by Gasteiger charge is -2.31. The Labute approximate surface area is 164 Å². The molecule has 1 fully saturated rings. The lowest BCUT2D eigenvalue weighted by Crippen LogP contribution is -2.48. The van der Waals surface area contributed by atoms with Gasteiger partial charge in [0.15, 0.2) is 0 Å². The van der Waals surface area contributed by atoms with Gasteiger partial charge in [-0.2, -0.15) is 0 Å². The minimum Gasteiger partial charge on any atom is -0.348 e. The van der Waals surface area contributed by atoms with Gasteiger partial charge >= 0.3 is 0 Å². The molecule has 1 saturated heterocycles. The van der Waals surface area contributed by atoms with Crippen LogP contribution in [0.4, 0.5) is 10.1 Å². The summed E-state index contributed by atoms with van der Waals surface area (Å²) < 4.78 is 13.6. The van der Waals surface area contributed by atoms with Crippen LogP contribution in [0.2, 0.25) is 0 Å². The first-order valence-electron chi connectivity index (χ1n) is 8.68. The van der Waals surface area contributed by atoms with Gasteiger partial charge in [0.1, 0.15) is 5.82 Å². The number of hydrogen-bond acceptors (Lipinski definition) is 3. The zero-order valence-corrected chi connectivity index (χ0v) is 15.8. The van der Waals surface area contributed by atoms with Crippen LogP contribution in [0.3, 0.4) is 0 Å². The van der Waals surface area contributed by atoms with Crippen molar-refractivity contribution in [1.29, 1.82) is 0 Å². The lowest BCUT2D eigenvalue weighted by molar-refractivity contribution is -0.121. The molecule has 5 nitrogen and oxygen atoms in total. The second kappa shape index (κ2) is 9.48. The van der Waals surface area contributed by atoms with Crippen molar-refractivity contribution in [1.82, 2.24) is 10.6 Å². The molecule has 1 heterocycles. The first-order valence-corrected chi connectivity index (χ1v) is 8.68. The normalized spacial score (nSPS) is 14.4. The molecule has 2 aromatic rings. The van der Waals surface area contributed by atoms with Crippen molar-refractivity contribution in [2.45, 2.75) is 13.5 Å². The average molecular weight is 392 g/mol. The number of anilines is 1. The van der Waals surface area contributed by atoms with Gasteiger partial charge in [-0.25, -0.2) is 4.39 Å². The number of carbonyl (C=O) groups is 2. The highest BCUT2D eigenvalue weighted by molar-refractivity contribution is 5.96. The number of nitrogens with one attached hydrogen (secondary N) is 3. The first kappa shape index (κ1) is 20.9. The number of rotatable bonds is 6. The standard InChI is InChI=1S/C20H22FN3O2.ClH/c1-13(16-10-22-11-16)19(25)24-17-8-6-14(7-9-17)20(26)23-12-15-4-2-3-5-18(15)21;/h2-9,13,16,22H,10-12H2,1H3,(H,23,26)(H,24,25);1H. The summed E-state index contributed by atoms with van der Waals surface area (Å²) in [5.74, 6) is -0.339. The summed E-state index contributed by atoms with van der Waals surface area (Å²) >= 11 is 0. The highest BCUT2D eigenvalue weighted by atomic mass is 35.5. The number of carbonyl (C=O) groups excluding carboxylic acids is 2. The van der Waals surface area contributed by atoms with Crippen molar-refractivity contribution in [3.8, 4) is 0 Å². The summed E-state index contributed by atoms with van der Waals surface area (Å²) in [4.78, 5) is 24.4. The molecule has 0 aliphatic carbocycles. The molecule has 0 aromatic heterocycles. The van der Waals surface area contributed by atoms with E-state index in [4.69, 9.17) is 0 Å². The van der Waals surface area contributed by atoms with Crippen molar-refractivity contribution in [2.75, 3.05) is 18.4 Å². The van der Waals surface area contributed by atoms with Crippen LogP contribution in [0, 0.1) is 17.7 Å². The van der Waals surface area contributed by atoms with Gasteiger partial charge in [-0.15, -0.1) is 12.4 Å². The third kappa shape index (κ3) is 5.28. The van der Waals surface area contributed by atoms with Crippen LogP contribution in [0.1, 0.15) is 22.8 Å².